The molecule has 0 radical (unpaired) electrons. The molecule has 0 aliphatic heterocycles. The van der Waals surface area contributed by atoms with Gasteiger partial charge in [0.05, 0.1) is 10.6 Å². The highest BCUT2D eigenvalue weighted by atomic mass is 32.1. The molecular weight excluding hydrogens is 246 g/mol. The van der Waals surface area contributed by atoms with Crippen LogP contribution in [0, 0.1) is 20.8 Å². The maximum atomic E-state index is 6.07. The van der Waals surface area contributed by atoms with E-state index in [1.54, 1.807) is 11.3 Å². The third-order valence-corrected chi connectivity index (χ3v) is 4.03. The van der Waals surface area contributed by atoms with Crippen LogP contribution in [0.5, 0.6) is 0 Å². The molecule has 0 bridgehead atoms. The van der Waals surface area contributed by atoms with Gasteiger partial charge in [-0.2, -0.15) is 0 Å². The van der Waals surface area contributed by atoms with E-state index in [2.05, 4.69) is 15.2 Å². The third-order valence-electron chi connectivity index (χ3n) is 2.92. The minimum absolute atomic E-state index is 0.618. The summed E-state index contributed by atoms with van der Waals surface area (Å²) in [7, 11) is 0. The molecule has 0 atom stereocenters. The van der Waals surface area contributed by atoms with E-state index in [4.69, 9.17) is 5.73 Å². The van der Waals surface area contributed by atoms with E-state index in [-0.39, 0.29) is 0 Å². The van der Waals surface area contributed by atoms with Gasteiger partial charge in [-0.3, -0.25) is 4.40 Å². The van der Waals surface area contributed by atoms with Crippen LogP contribution in [0.4, 0.5) is 5.69 Å². The Labute approximate surface area is 108 Å². The first-order chi connectivity index (χ1) is 8.58. The third kappa shape index (κ3) is 1.49. The molecule has 18 heavy (non-hydrogen) atoms. The van der Waals surface area contributed by atoms with E-state index >= 15 is 0 Å². The Morgan fingerprint density at radius 3 is 2.67 bits per heavy atom. The summed E-state index contributed by atoms with van der Waals surface area (Å²) < 4.78 is 1.94. The lowest BCUT2D eigenvalue weighted by Gasteiger charge is -2.03. The molecule has 0 aromatic carbocycles. The minimum Gasteiger partial charge on any atom is -0.397 e. The van der Waals surface area contributed by atoms with Crippen LogP contribution in [0.2, 0.25) is 0 Å². The van der Waals surface area contributed by atoms with Gasteiger partial charge in [0.2, 0.25) is 0 Å². The maximum Gasteiger partial charge on any atom is 0.255 e. The summed E-state index contributed by atoms with van der Waals surface area (Å²) in [6, 6.07) is 2.01. The second kappa shape index (κ2) is 3.78. The second-order valence-corrected chi connectivity index (χ2v) is 5.24. The fourth-order valence-corrected chi connectivity index (χ4v) is 2.95. The number of aryl methyl sites for hydroxylation is 3. The molecule has 0 saturated heterocycles. The van der Waals surface area contributed by atoms with Gasteiger partial charge < -0.3 is 5.73 Å². The van der Waals surface area contributed by atoms with E-state index in [1.165, 1.54) is 0 Å². The van der Waals surface area contributed by atoms with Crippen molar-refractivity contribution in [3.63, 3.8) is 0 Å². The number of nitrogens with zero attached hydrogens (tertiary/aromatic N) is 4. The van der Waals surface area contributed by atoms with Crippen molar-refractivity contribution in [1.82, 2.24) is 19.6 Å². The van der Waals surface area contributed by atoms with Crippen molar-refractivity contribution >= 4 is 22.8 Å². The SMILES string of the molecule is Cc1cc(C)n2c(-c3scc(C)c3N)nnc2n1. The van der Waals surface area contributed by atoms with Crippen LogP contribution in [0.3, 0.4) is 0 Å². The molecule has 0 saturated carbocycles. The highest BCUT2D eigenvalue weighted by molar-refractivity contribution is 7.14. The molecule has 3 heterocycles. The number of hydrogen-bond donors (Lipinski definition) is 1. The van der Waals surface area contributed by atoms with E-state index < -0.39 is 0 Å². The summed E-state index contributed by atoms with van der Waals surface area (Å²) in [5.74, 6) is 1.39. The van der Waals surface area contributed by atoms with E-state index in [0.717, 1.165) is 33.3 Å². The zero-order chi connectivity index (χ0) is 12.9. The van der Waals surface area contributed by atoms with Crippen LogP contribution in [0.1, 0.15) is 17.0 Å². The maximum absolute atomic E-state index is 6.07. The molecule has 5 nitrogen and oxygen atoms in total. The lowest BCUT2D eigenvalue weighted by atomic mass is 10.2. The van der Waals surface area contributed by atoms with Gasteiger partial charge in [0, 0.05) is 11.4 Å². The van der Waals surface area contributed by atoms with E-state index in [1.807, 2.05) is 36.6 Å². The van der Waals surface area contributed by atoms with E-state index in [0.29, 0.717) is 5.78 Å². The average molecular weight is 259 g/mol. The molecule has 0 aliphatic rings. The van der Waals surface area contributed by atoms with Gasteiger partial charge in [0.25, 0.3) is 5.78 Å². The summed E-state index contributed by atoms with van der Waals surface area (Å²) >= 11 is 1.59. The second-order valence-electron chi connectivity index (χ2n) is 4.36. The van der Waals surface area contributed by atoms with Crippen molar-refractivity contribution in [1.29, 1.82) is 0 Å². The Morgan fingerprint density at radius 2 is 2.00 bits per heavy atom. The lowest BCUT2D eigenvalue weighted by Crippen LogP contribution is -1.98. The summed E-state index contributed by atoms with van der Waals surface area (Å²) in [5.41, 5.74) is 9.92. The average Bonchev–Trinajstić information content (AvgIpc) is 2.85. The molecular formula is C12H13N5S. The largest absolute Gasteiger partial charge is 0.397 e. The number of aromatic nitrogens is 4. The van der Waals surface area contributed by atoms with Crippen LogP contribution in [-0.4, -0.2) is 19.6 Å². The predicted molar refractivity (Wildman–Crippen MR) is 72.7 cm³/mol. The monoisotopic (exact) mass is 259 g/mol. The van der Waals surface area contributed by atoms with Crippen molar-refractivity contribution in [3.05, 3.63) is 28.4 Å². The highest BCUT2D eigenvalue weighted by Gasteiger charge is 2.16. The van der Waals surface area contributed by atoms with E-state index in [9.17, 15) is 0 Å². The first kappa shape index (κ1) is 11.2. The standard InChI is InChI=1S/C12H13N5S/c1-6-5-18-10(9(6)13)11-15-16-12-14-7(2)4-8(3)17(11)12/h4-5H,13H2,1-3H3. The Kier molecular flexibility index (Phi) is 2.34. The van der Waals surface area contributed by atoms with Crippen LogP contribution in [0.15, 0.2) is 11.4 Å². The fourth-order valence-electron chi connectivity index (χ4n) is 2.00. The van der Waals surface area contributed by atoms with Crippen molar-refractivity contribution in [2.75, 3.05) is 5.73 Å². The zero-order valence-electron chi connectivity index (χ0n) is 10.4. The molecule has 0 unspecified atom stereocenters. The molecule has 0 spiro atoms. The molecule has 3 aromatic rings. The van der Waals surface area contributed by atoms with Gasteiger partial charge in [0.1, 0.15) is 0 Å². The van der Waals surface area contributed by atoms with Crippen LogP contribution in [0.25, 0.3) is 16.5 Å². The number of fused-ring (bicyclic) bond motifs is 1. The van der Waals surface area contributed by atoms with Crippen molar-refractivity contribution in [3.8, 4) is 10.7 Å². The summed E-state index contributed by atoms with van der Waals surface area (Å²) in [4.78, 5) is 5.32. The van der Waals surface area contributed by atoms with Gasteiger partial charge in [-0.05, 0) is 37.8 Å². The molecule has 6 heteroatoms. The van der Waals surface area contributed by atoms with Gasteiger partial charge in [-0.1, -0.05) is 0 Å². The molecule has 0 aliphatic carbocycles. The summed E-state index contributed by atoms with van der Waals surface area (Å²) in [5, 5.41) is 10.4. The van der Waals surface area contributed by atoms with Crippen molar-refractivity contribution < 1.29 is 0 Å². The molecule has 2 N–H and O–H groups in total. The number of hydrogen-bond acceptors (Lipinski definition) is 5. The number of anilines is 1. The Balaban J connectivity index is 2.34. The highest BCUT2D eigenvalue weighted by Crippen LogP contribution is 2.33. The van der Waals surface area contributed by atoms with Crippen LogP contribution in [-0.2, 0) is 0 Å². The molecule has 3 aromatic heterocycles. The van der Waals surface area contributed by atoms with Crippen LogP contribution >= 0.6 is 11.3 Å². The quantitative estimate of drug-likeness (QED) is 0.728. The van der Waals surface area contributed by atoms with Crippen LogP contribution < -0.4 is 5.73 Å². The first-order valence-corrected chi connectivity index (χ1v) is 6.49. The molecule has 0 amide bonds. The minimum atomic E-state index is 0.618. The number of rotatable bonds is 1. The smallest absolute Gasteiger partial charge is 0.255 e. The molecule has 92 valence electrons. The predicted octanol–water partition coefficient (Wildman–Crippen LogP) is 2.36. The fraction of sp³-hybridized carbons (Fsp3) is 0.250. The van der Waals surface area contributed by atoms with Gasteiger partial charge in [0.15, 0.2) is 5.82 Å². The van der Waals surface area contributed by atoms with Gasteiger partial charge >= 0.3 is 0 Å². The lowest BCUT2D eigenvalue weighted by molar-refractivity contribution is 1.02. The van der Waals surface area contributed by atoms with Gasteiger partial charge in [-0.25, -0.2) is 4.98 Å². The van der Waals surface area contributed by atoms with Crippen molar-refractivity contribution in [2.24, 2.45) is 0 Å². The zero-order valence-corrected chi connectivity index (χ0v) is 11.2. The topological polar surface area (TPSA) is 69.1 Å². The first-order valence-electron chi connectivity index (χ1n) is 5.61. The number of nitrogen functional groups attached to an aromatic ring is 1. The van der Waals surface area contributed by atoms with Gasteiger partial charge in [-0.15, -0.1) is 21.5 Å². The summed E-state index contributed by atoms with van der Waals surface area (Å²) in [6.45, 7) is 5.96. The Hall–Kier alpha value is -1.95. The van der Waals surface area contributed by atoms with Crippen molar-refractivity contribution in [2.45, 2.75) is 20.8 Å². The number of nitrogens with two attached hydrogens (primary N) is 1. The molecule has 0 fully saturated rings. The molecule has 3 rings (SSSR count). The Morgan fingerprint density at radius 1 is 1.22 bits per heavy atom. The summed E-state index contributed by atoms with van der Waals surface area (Å²) in [6.07, 6.45) is 0. The Bertz CT molecular complexity index is 740. The number of thiophene rings is 1. The normalized spacial score (nSPS) is 11.3.